The molecule has 3 aromatic rings. The lowest BCUT2D eigenvalue weighted by atomic mass is 10.2. The molecule has 0 aliphatic rings. The van der Waals surface area contributed by atoms with Gasteiger partial charge in [0.25, 0.3) is 5.22 Å². The first-order chi connectivity index (χ1) is 13.1. The molecule has 1 heterocycles. The lowest BCUT2D eigenvalue weighted by molar-refractivity contribution is -0.113. The summed E-state index contributed by atoms with van der Waals surface area (Å²) in [6.45, 7) is 0. The second kappa shape index (κ2) is 8.79. The van der Waals surface area contributed by atoms with Crippen LogP contribution in [0.15, 0.2) is 52.1 Å². The van der Waals surface area contributed by atoms with Gasteiger partial charge in [0.1, 0.15) is 11.5 Å². The van der Waals surface area contributed by atoms with Gasteiger partial charge in [-0.25, -0.2) is 0 Å². The largest absolute Gasteiger partial charge is 0.497 e. The highest BCUT2D eigenvalue weighted by molar-refractivity contribution is 7.99. The van der Waals surface area contributed by atoms with Gasteiger partial charge >= 0.3 is 0 Å². The Morgan fingerprint density at radius 1 is 1.19 bits per heavy atom. The number of benzene rings is 2. The molecule has 0 spiro atoms. The third-order valence-electron chi connectivity index (χ3n) is 3.49. The summed E-state index contributed by atoms with van der Waals surface area (Å²) in [5, 5.41) is 11.4. The van der Waals surface area contributed by atoms with E-state index in [1.807, 2.05) is 18.2 Å². The lowest BCUT2D eigenvalue weighted by Gasteiger charge is -2.07. The Balaban J connectivity index is 1.58. The zero-order chi connectivity index (χ0) is 19.2. The van der Waals surface area contributed by atoms with E-state index < -0.39 is 0 Å². The van der Waals surface area contributed by atoms with E-state index in [0.29, 0.717) is 33.3 Å². The van der Waals surface area contributed by atoms with E-state index in [-0.39, 0.29) is 11.7 Å². The minimum Gasteiger partial charge on any atom is -0.497 e. The normalized spacial score (nSPS) is 10.5. The topological polar surface area (TPSA) is 86.5 Å². The maximum absolute atomic E-state index is 12.1. The number of ether oxygens (including phenoxy) is 2. The van der Waals surface area contributed by atoms with Crippen LogP contribution in [0.3, 0.4) is 0 Å². The van der Waals surface area contributed by atoms with Crippen molar-refractivity contribution >= 4 is 35.0 Å². The Morgan fingerprint density at radius 3 is 2.78 bits per heavy atom. The van der Waals surface area contributed by atoms with Gasteiger partial charge in [-0.2, -0.15) is 0 Å². The number of carbonyl (C=O) groups excluding carboxylic acids is 1. The van der Waals surface area contributed by atoms with Crippen molar-refractivity contribution in [2.75, 3.05) is 25.3 Å². The van der Waals surface area contributed by atoms with Crippen LogP contribution in [0.4, 0.5) is 5.69 Å². The Kier molecular flexibility index (Phi) is 6.20. The molecule has 7 nitrogen and oxygen atoms in total. The zero-order valence-corrected chi connectivity index (χ0v) is 16.1. The van der Waals surface area contributed by atoms with E-state index in [9.17, 15) is 4.79 Å². The summed E-state index contributed by atoms with van der Waals surface area (Å²) in [5.74, 6) is 1.49. The number of anilines is 1. The van der Waals surface area contributed by atoms with Gasteiger partial charge in [0.05, 0.1) is 25.0 Å². The van der Waals surface area contributed by atoms with Crippen LogP contribution >= 0.6 is 23.4 Å². The Morgan fingerprint density at radius 2 is 2.04 bits per heavy atom. The number of hydrogen-bond donors (Lipinski definition) is 1. The molecule has 1 N–H and O–H groups in total. The third-order valence-corrected chi connectivity index (χ3v) is 4.60. The minimum atomic E-state index is -0.220. The van der Waals surface area contributed by atoms with Crippen LogP contribution in [0.25, 0.3) is 11.5 Å². The van der Waals surface area contributed by atoms with E-state index in [2.05, 4.69) is 15.5 Å². The maximum Gasteiger partial charge on any atom is 0.277 e. The first kappa shape index (κ1) is 19.1. The van der Waals surface area contributed by atoms with Crippen molar-refractivity contribution in [1.82, 2.24) is 10.2 Å². The molecule has 2 aromatic carbocycles. The molecule has 1 amide bonds. The summed E-state index contributed by atoms with van der Waals surface area (Å²) < 4.78 is 15.8. The van der Waals surface area contributed by atoms with Crippen LogP contribution in [-0.2, 0) is 4.79 Å². The van der Waals surface area contributed by atoms with Crippen LogP contribution < -0.4 is 14.8 Å². The summed E-state index contributed by atoms with van der Waals surface area (Å²) in [6, 6.07) is 12.3. The van der Waals surface area contributed by atoms with Crippen LogP contribution in [0.1, 0.15) is 0 Å². The molecule has 0 atom stereocenters. The van der Waals surface area contributed by atoms with Crippen LogP contribution in [0.2, 0.25) is 5.02 Å². The number of nitrogens with one attached hydrogen (secondary N) is 1. The first-order valence-corrected chi connectivity index (χ1v) is 9.19. The number of halogens is 1. The number of hydrogen-bond acceptors (Lipinski definition) is 7. The fourth-order valence-corrected chi connectivity index (χ4v) is 3.03. The molecular formula is C18H16ClN3O4S. The molecule has 0 fully saturated rings. The third kappa shape index (κ3) is 4.93. The lowest BCUT2D eigenvalue weighted by Crippen LogP contribution is -2.14. The molecule has 140 valence electrons. The highest BCUT2D eigenvalue weighted by atomic mass is 35.5. The summed E-state index contributed by atoms with van der Waals surface area (Å²) in [5.41, 5.74) is 1.32. The van der Waals surface area contributed by atoms with E-state index in [0.717, 1.165) is 17.3 Å². The Bertz CT molecular complexity index is 948. The van der Waals surface area contributed by atoms with Crippen molar-refractivity contribution < 1.29 is 18.7 Å². The first-order valence-electron chi connectivity index (χ1n) is 7.83. The van der Waals surface area contributed by atoms with Gasteiger partial charge in [-0.05, 0) is 36.4 Å². The van der Waals surface area contributed by atoms with Gasteiger partial charge in [-0.3, -0.25) is 4.79 Å². The highest BCUT2D eigenvalue weighted by Gasteiger charge is 2.12. The van der Waals surface area contributed by atoms with Crippen molar-refractivity contribution in [3.63, 3.8) is 0 Å². The number of aromatic nitrogens is 2. The number of amides is 1. The fourth-order valence-electron chi connectivity index (χ4n) is 2.21. The number of thioether (sulfide) groups is 1. The number of rotatable bonds is 7. The van der Waals surface area contributed by atoms with E-state index >= 15 is 0 Å². The number of carbonyl (C=O) groups is 1. The van der Waals surface area contributed by atoms with Crippen molar-refractivity contribution in [3.8, 4) is 23.0 Å². The van der Waals surface area contributed by atoms with Gasteiger partial charge in [-0.15, -0.1) is 10.2 Å². The Labute approximate surface area is 165 Å². The van der Waals surface area contributed by atoms with Crippen molar-refractivity contribution in [2.24, 2.45) is 0 Å². The summed E-state index contributed by atoms with van der Waals surface area (Å²) in [4.78, 5) is 12.1. The smallest absolute Gasteiger partial charge is 0.277 e. The van der Waals surface area contributed by atoms with Crippen molar-refractivity contribution in [1.29, 1.82) is 0 Å². The number of nitrogens with zero attached hydrogens (tertiary/aromatic N) is 2. The molecule has 0 radical (unpaired) electrons. The van der Waals surface area contributed by atoms with Gasteiger partial charge in [0, 0.05) is 11.3 Å². The predicted molar refractivity (Wildman–Crippen MR) is 104 cm³/mol. The molecule has 0 saturated carbocycles. The predicted octanol–water partition coefficient (Wildman–Crippen LogP) is 4.14. The quantitative estimate of drug-likeness (QED) is 0.591. The molecule has 0 aliphatic heterocycles. The standard InChI is InChI=1S/C18H16ClN3O4S/c1-24-13-5-3-4-11(8-13)17-21-22-18(26-17)27-10-16(23)20-12-6-7-15(25-2)14(19)9-12/h3-9H,10H2,1-2H3,(H,20,23). The van der Waals surface area contributed by atoms with Gasteiger partial charge in [0.2, 0.25) is 11.8 Å². The van der Waals surface area contributed by atoms with Crippen molar-refractivity contribution in [2.45, 2.75) is 5.22 Å². The molecule has 0 bridgehead atoms. The van der Waals surface area contributed by atoms with E-state index in [4.69, 9.17) is 25.5 Å². The number of methoxy groups -OCH3 is 2. The van der Waals surface area contributed by atoms with Crippen LogP contribution in [0.5, 0.6) is 11.5 Å². The minimum absolute atomic E-state index is 0.114. The van der Waals surface area contributed by atoms with Crippen molar-refractivity contribution in [3.05, 3.63) is 47.5 Å². The molecule has 0 aliphatic carbocycles. The van der Waals surface area contributed by atoms with E-state index in [1.54, 1.807) is 31.4 Å². The van der Waals surface area contributed by atoms with E-state index in [1.165, 1.54) is 7.11 Å². The molecule has 9 heteroatoms. The summed E-state index contributed by atoms with van der Waals surface area (Å²) in [7, 11) is 3.11. The molecule has 0 saturated heterocycles. The highest BCUT2D eigenvalue weighted by Crippen LogP contribution is 2.28. The van der Waals surface area contributed by atoms with Gasteiger partial charge in [0.15, 0.2) is 0 Å². The monoisotopic (exact) mass is 405 g/mol. The molecular weight excluding hydrogens is 390 g/mol. The second-order valence-electron chi connectivity index (χ2n) is 5.29. The van der Waals surface area contributed by atoms with Crippen LogP contribution in [0, 0.1) is 0 Å². The fraction of sp³-hybridized carbons (Fsp3) is 0.167. The summed E-state index contributed by atoms with van der Waals surface area (Å²) in [6.07, 6.45) is 0. The van der Waals surface area contributed by atoms with Crippen LogP contribution in [-0.4, -0.2) is 36.1 Å². The Hall–Kier alpha value is -2.71. The summed E-state index contributed by atoms with van der Waals surface area (Å²) >= 11 is 7.19. The second-order valence-corrected chi connectivity index (χ2v) is 6.63. The molecule has 1 aromatic heterocycles. The molecule has 27 heavy (non-hydrogen) atoms. The van der Waals surface area contributed by atoms with Gasteiger partial charge in [-0.1, -0.05) is 29.4 Å². The average molecular weight is 406 g/mol. The SMILES string of the molecule is COc1cccc(-c2nnc(SCC(=O)Nc3ccc(OC)c(Cl)c3)o2)c1. The molecule has 3 rings (SSSR count). The zero-order valence-electron chi connectivity index (χ0n) is 14.6. The van der Waals surface area contributed by atoms with Gasteiger partial charge < -0.3 is 19.2 Å². The average Bonchev–Trinajstić information content (AvgIpc) is 3.16. The molecule has 0 unspecified atom stereocenters. The maximum atomic E-state index is 12.1.